The lowest BCUT2D eigenvalue weighted by atomic mass is 10.0. The third-order valence-electron chi connectivity index (χ3n) is 6.29. The first kappa shape index (κ1) is 23.5. The van der Waals surface area contributed by atoms with Gasteiger partial charge in [-0.05, 0) is 24.6 Å². The third-order valence-corrected chi connectivity index (χ3v) is 6.29. The number of aryl methyl sites for hydroxylation is 1. The average molecular weight is 421 g/mol. The second-order valence-electron chi connectivity index (χ2n) is 9.03. The van der Waals surface area contributed by atoms with Crippen LogP contribution in [0.15, 0.2) is 48.8 Å². The van der Waals surface area contributed by atoms with Crippen molar-refractivity contribution in [1.82, 2.24) is 9.97 Å². The van der Waals surface area contributed by atoms with Crippen LogP contribution in [0.4, 0.5) is 0 Å². The van der Waals surface area contributed by atoms with Crippen molar-refractivity contribution < 1.29 is 4.57 Å². The average Bonchev–Trinajstić information content (AvgIpc) is 3.24. The molecule has 3 rings (SSSR count). The molecule has 2 aromatic heterocycles. The molecule has 0 aliphatic carbocycles. The zero-order chi connectivity index (χ0) is 21.6. The van der Waals surface area contributed by atoms with Gasteiger partial charge in [0.05, 0.1) is 16.6 Å². The topological polar surface area (TPSA) is 32.6 Å². The van der Waals surface area contributed by atoms with E-state index in [2.05, 4.69) is 53.1 Å². The lowest BCUT2D eigenvalue weighted by Crippen LogP contribution is -2.32. The van der Waals surface area contributed by atoms with E-state index in [1.807, 2.05) is 12.1 Å². The van der Waals surface area contributed by atoms with Crippen molar-refractivity contribution in [1.29, 1.82) is 0 Å². The summed E-state index contributed by atoms with van der Waals surface area (Å²) in [6, 6.07) is 12.5. The summed E-state index contributed by atoms with van der Waals surface area (Å²) in [5.74, 6) is 0.955. The Morgan fingerprint density at radius 1 is 0.710 bits per heavy atom. The van der Waals surface area contributed by atoms with E-state index in [1.54, 1.807) is 0 Å². The standard InChI is InChI=1S/C28H42N3/c1-2-3-4-5-6-7-8-9-10-11-12-13-14-17-22-31-23-18-19-25(24-31)28-29-26-20-15-16-21-27(26)30-28/h15-16,18-21,23-24H,2-14,17,22H2,1H3,(H,29,30)/q+1. The van der Waals surface area contributed by atoms with Crippen LogP contribution in [0.25, 0.3) is 22.4 Å². The zero-order valence-electron chi connectivity index (χ0n) is 19.6. The number of rotatable bonds is 16. The lowest BCUT2D eigenvalue weighted by molar-refractivity contribution is -0.696. The summed E-state index contributed by atoms with van der Waals surface area (Å²) < 4.78 is 2.31. The van der Waals surface area contributed by atoms with Crippen LogP contribution in [0.2, 0.25) is 0 Å². The first-order valence-electron chi connectivity index (χ1n) is 12.8. The fourth-order valence-electron chi connectivity index (χ4n) is 4.38. The molecule has 0 saturated carbocycles. The number of pyridine rings is 1. The Morgan fingerprint density at radius 3 is 1.97 bits per heavy atom. The number of nitrogens with zero attached hydrogens (tertiary/aromatic N) is 2. The Kier molecular flexibility index (Phi) is 10.6. The molecule has 3 heteroatoms. The van der Waals surface area contributed by atoms with Gasteiger partial charge in [0.25, 0.3) is 0 Å². The highest BCUT2D eigenvalue weighted by atomic mass is 15.0. The fourth-order valence-corrected chi connectivity index (χ4v) is 4.38. The lowest BCUT2D eigenvalue weighted by Gasteiger charge is -2.03. The molecule has 3 nitrogen and oxygen atoms in total. The molecule has 0 atom stereocenters. The maximum atomic E-state index is 4.73. The predicted molar refractivity (Wildman–Crippen MR) is 132 cm³/mol. The van der Waals surface area contributed by atoms with E-state index in [9.17, 15) is 0 Å². The number of hydrogen-bond donors (Lipinski definition) is 1. The number of unbranched alkanes of at least 4 members (excludes halogenated alkanes) is 13. The quantitative estimate of drug-likeness (QED) is 0.185. The maximum Gasteiger partial charge on any atom is 0.179 e. The van der Waals surface area contributed by atoms with Crippen molar-refractivity contribution in [2.45, 2.75) is 103 Å². The van der Waals surface area contributed by atoms with Gasteiger partial charge in [-0.2, -0.15) is 0 Å². The highest BCUT2D eigenvalue weighted by Gasteiger charge is 2.09. The van der Waals surface area contributed by atoms with Gasteiger partial charge in [-0.15, -0.1) is 0 Å². The molecule has 1 aromatic carbocycles. The molecule has 0 unspecified atom stereocenters. The molecule has 0 aliphatic heterocycles. The van der Waals surface area contributed by atoms with Crippen molar-refractivity contribution in [2.75, 3.05) is 0 Å². The highest BCUT2D eigenvalue weighted by Crippen LogP contribution is 2.19. The molecule has 0 aliphatic rings. The van der Waals surface area contributed by atoms with Crippen LogP contribution in [0.5, 0.6) is 0 Å². The van der Waals surface area contributed by atoms with Gasteiger partial charge in [-0.25, -0.2) is 9.55 Å². The summed E-state index contributed by atoms with van der Waals surface area (Å²) in [5, 5.41) is 0. The number of fused-ring (bicyclic) bond motifs is 1. The van der Waals surface area contributed by atoms with E-state index < -0.39 is 0 Å². The molecular formula is C28H42N3+. The Balaban J connectivity index is 1.24. The van der Waals surface area contributed by atoms with Crippen LogP contribution < -0.4 is 4.57 Å². The number of H-pyrrole nitrogens is 1. The molecule has 168 valence electrons. The molecule has 0 bridgehead atoms. The van der Waals surface area contributed by atoms with Crippen molar-refractivity contribution in [3.8, 4) is 11.4 Å². The Hall–Kier alpha value is -2.16. The van der Waals surface area contributed by atoms with E-state index in [-0.39, 0.29) is 0 Å². The van der Waals surface area contributed by atoms with Gasteiger partial charge in [0.15, 0.2) is 12.4 Å². The Labute approximate surface area is 189 Å². The van der Waals surface area contributed by atoms with Gasteiger partial charge in [0.2, 0.25) is 0 Å². The summed E-state index contributed by atoms with van der Waals surface area (Å²) in [7, 11) is 0. The summed E-state index contributed by atoms with van der Waals surface area (Å²) in [6.07, 6.45) is 24.1. The van der Waals surface area contributed by atoms with Gasteiger partial charge in [0, 0.05) is 12.5 Å². The smallest absolute Gasteiger partial charge is 0.179 e. The number of nitrogens with one attached hydrogen (secondary N) is 1. The van der Waals surface area contributed by atoms with Crippen LogP contribution in [0, 0.1) is 0 Å². The van der Waals surface area contributed by atoms with E-state index in [0.29, 0.717) is 0 Å². The number of hydrogen-bond acceptors (Lipinski definition) is 1. The van der Waals surface area contributed by atoms with E-state index >= 15 is 0 Å². The molecule has 3 aromatic rings. The van der Waals surface area contributed by atoms with Gasteiger partial charge in [0.1, 0.15) is 12.4 Å². The van der Waals surface area contributed by atoms with Gasteiger partial charge in [-0.1, -0.05) is 96.1 Å². The van der Waals surface area contributed by atoms with Crippen LogP contribution in [0.3, 0.4) is 0 Å². The molecule has 0 radical (unpaired) electrons. The highest BCUT2D eigenvalue weighted by molar-refractivity contribution is 5.78. The van der Waals surface area contributed by atoms with Crippen molar-refractivity contribution in [3.05, 3.63) is 48.8 Å². The summed E-state index contributed by atoms with van der Waals surface area (Å²) in [4.78, 5) is 8.16. The first-order chi connectivity index (χ1) is 15.4. The largest absolute Gasteiger partial charge is 0.338 e. The summed E-state index contributed by atoms with van der Waals surface area (Å²) in [6.45, 7) is 3.38. The van der Waals surface area contributed by atoms with Crippen LogP contribution >= 0.6 is 0 Å². The van der Waals surface area contributed by atoms with Crippen LogP contribution in [-0.2, 0) is 6.54 Å². The minimum atomic E-state index is 0.955. The molecule has 1 N–H and O–H groups in total. The normalized spacial score (nSPS) is 11.4. The number of para-hydroxylation sites is 2. The van der Waals surface area contributed by atoms with E-state index in [0.717, 1.165) is 29.0 Å². The minimum absolute atomic E-state index is 0.955. The van der Waals surface area contributed by atoms with Crippen LogP contribution in [0.1, 0.15) is 96.8 Å². The van der Waals surface area contributed by atoms with E-state index in [1.165, 1.54) is 89.9 Å². The first-order valence-corrected chi connectivity index (χ1v) is 12.8. The zero-order valence-corrected chi connectivity index (χ0v) is 19.6. The predicted octanol–water partition coefficient (Wildman–Crippen LogP) is 8.00. The number of aromatic nitrogens is 3. The number of imidazole rings is 1. The van der Waals surface area contributed by atoms with Crippen molar-refractivity contribution in [3.63, 3.8) is 0 Å². The molecular weight excluding hydrogens is 378 g/mol. The second-order valence-corrected chi connectivity index (χ2v) is 9.03. The fraction of sp³-hybridized carbons (Fsp3) is 0.571. The van der Waals surface area contributed by atoms with Crippen molar-refractivity contribution in [2.24, 2.45) is 0 Å². The maximum absolute atomic E-state index is 4.73. The number of aromatic amines is 1. The van der Waals surface area contributed by atoms with Crippen molar-refractivity contribution >= 4 is 11.0 Å². The monoisotopic (exact) mass is 420 g/mol. The Bertz CT molecular complexity index is 834. The molecule has 0 fully saturated rings. The molecule has 0 spiro atoms. The third kappa shape index (κ3) is 8.47. The minimum Gasteiger partial charge on any atom is -0.338 e. The number of benzene rings is 1. The van der Waals surface area contributed by atoms with E-state index in [4.69, 9.17) is 4.98 Å². The molecule has 2 heterocycles. The molecule has 0 amide bonds. The van der Waals surface area contributed by atoms with Crippen LogP contribution in [-0.4, -0.2) is 9.97 Å². The SMILES string of the molecule is CCCCCCCCCCCCCCCC[n+]1cccc(-c2nc3ccccc3[nH]2)c1. The second kappa shape index (κ2) is 14.0. The van der Waals surface area contributed by atoms with Gasteiger partial charge < -0.3 is 4.98 Å². The van der Waals surface area contributed by atoms with Gasteiger partial charge >= 0.3 is 0 Å². The Morgan fingerprint density at radius 2 is 1.32 bits per heavy atom. The summed E-state index contributed by atoms with van der Waals surface area (Å²) >= 11 is 0. The van der Waals surface area contributed by atoms with Gasteiger partial charge in [-0.3, -0.25) is 0 Å². The molecule has 31 heavy (non-hydrogen) atoms. The summed E-state index contributed by atoms with van der Waals surface area (Å²) in [5.41, 5.74) is 3.28. The molecule has 0 saturated heterocycles.